The summed E-state index contributed by atoms with van der Waals surface area (Å²) in [6.07, 6.45) is -6.03. The Morgan fingerprint density at radius 3 is 2.73 bits per heavy atom. The van der Waals surface area contributed by atoms with Crippen molar-refractivity contribution in [2.75, 3.05) is 12.3 Å². The monoisotopic (exact) mass is 419 g/mol. The highest BCUT2D eigenvalue weighted by Crippen LogP contribution is 2.32. The van der Waals surface area contributed by atoms with Crippen molar-refractivity contribution in [3.8, 4) is 0 Å². The molecular weight excluding hydrogens is 401 g/mol. The Kier molecular flexibility index (Phi) is 4.97. The summed E-state index contributed by atoms with van der Waals surface area (Å²) >= 11 is 0. The first-order chi connectivity index (χ1) is 14.4. The van der Waals surface area contributed by atoms with Gasteiger partial charge in [0.1, 0.15) is 18.5 Å². The summed E-state index contributed by atoms with van der Waals surface area (Å²) in [5.74, 6) is -0.297. The number of imidazole rings is 1. The van der Waals surface area contributed by atoms with Crippen molar-refractivity contribution in [1.29, 1.82) is 0 Å². The topological polar surface area (TPSA) is 165 Å². The summed E-state index contributed by atoms with van der Waals surface area (Å²) in [7, 11) is 0. The second-order valence-electron chi connectivity index (χ2n) is 6.86. The molecule has 4 rings (SSSR count). The van der Waals surface area contributed by atoms with Gasteiger partial charge in [0.05, 0.1) is 13.2 Å². The van der Waals surface area contributed by atoms with Gasteiger partial charge >= 0.3 is 5.69 Å². The smallest absolute Gasteiger partial charge is 0.333 e. The zero-order valence-electron chi connectivity index (χ0n) is 15.4. The van der Waals surface area contributed by atoms with Crippen LogP contribution >= 0.6 is 0 Å². The zero-order chi connectivity index (χ0) is 21.6. The van der Waals surface area contributed by atoms with Crippen molar-refractivity contribution in [1.82, 2.24) is 19.1 Å². The van der Waals surface area contributed by atoms with Crippen LogP contribution in [0.15, 0.2) is 33.9 Å². The summed E-state index contributed by atoms with van der Waals surface area (Å²) in [5.41, 5.74) is 4.40. The number of aliphatic hydroxyl groups is 2. The van der Waals surface area contributed by atoms with Gasteiger partial charge in [0.15, 0.2) is 23.6 Å². The van der Waals surface area contributed by atoms with Crippen LogP contribution in [0.1, 0.15) is 22.1 Å². The molecule has 4 atom stereocenters. The van der Waals surface area contributed by atoms with E-state index in [1.807, 2.05) is 0 Å². The SMILES string of the molecule is Nc1nc2c(c(=O)[nH]1)n(Cc1ccccc1C=O)c(=O)n2[C@@H]1O[C@H](CO)[C@@H](F)[C@H]1O. The first-order valence-electron chi connectivity index (χ1n) is 8.99. The molecule has 0 radical (unpaired) electrons. The largest absolute Gasteiger partial charge is 0.394 e. The van der Waals surface area contributed by atoms with Crippen molar-refractivity contribution in [2.45, 2.75) is 31.2 Å². The molecule has 3 heterocycles. The van der Waals surface area contributed by atoms with Crippen LogP contribution in [0, 0.1) is 0 Å². The number of fused-ring (bicyclic) bond motifs is 1. The molecule has 1 fully saturated rings. The van der Waals surface area contributed by atoms with Crippen LogP contribution in [0.2, 0.25) is 0 Å². The number of benzene rings is 1. The molecule has 0 saturated carbocycles. The third-order valence-corrected chi connectivity index (χ3v) is 5.06. The van der Waals surface area contributed by atoms with E-state index in [0.717, 1.165) is 9.13 Å². The third-order valence-electron chi connectivity index (χ3n) is 5.06. The normalized spacial score (nSPS) is 23.8. The Labute approximate surface area is 167 Å². The van der Waals surface area contributed by atoms with Crippen LogP contribution < -0.4 is 17.0 Å². The van der Waals surface area contributed by atoms with E-state index in [2.05, 4.69) is 9.97 Å². The first kappa shape index (κ1) is 19.9. The molecule has 5 N–H and O–H groups in total. The predicted octanol–water partition coefficient (Wildman–Crippen LogP) is -1.08. The fourth-order valence-electron chi connectivity index (χ4n) is 3.61. The second-order valence-corrected chi connectivity index (χ2v) is 6.86. The maximum Gasteiger partial charge on any atom is 0.333 e. The number of alkyl halides is 1. The van der Waals surface area contributed by atoms with Gasteiger partial charge in [-0.3, -0.25) is 19.1 Å². The molecule has 0 amide bonds. The molecule has 11 nitrogen and oxygen atoms in total. The summed E-state index contributed by atoms with van der Waals surface area (Å²) in [6, 6.07) is 6.47. The summed E-state index contributed by atoms with van der Waals surface area (Å²) in [4.78, 5) is 43.4. The highest BCUT2D eigenvalue weighted by Gasteiger charge is 2.46. The number of halogens is 1. The summed E-state index contributed by atoms with van der Waals surface area (Å²) in [5, 5.41) is 19.5. The van der Waals surface area contributed by atoms with E-state index in [0.29, 0.717) is 17.4 Å². The number of aldehydes is 1. The number of aromatic amines is 1. The summed E-state index contributed by atoms with van der Waals surface area (Å²) in [6.45, 7) is -0.887. The second kappa shape index (κ2) is 7.48. The van der Waals surface area contributed by atoms with E-state index < -0.39 is 42.5 Å². The van der Waals surface area contributed by atoms with Gasteiger partial charge in [0, 0.05) is 5.56 Å². The predicted molar refractivity (Wildman–Crippen MR) is 102 cm³/mol. The van der Waals surface area contributed by atoms with Gasteiger partial charge in [0.2, 0.25) is 5.95 Å². The van der Waals surface area contributed by atoms with Gasteiger partial charge < -0.3 is 20.7 Å². The third kappa shape index (κ3) is 3.01. The van der Waals surface area contributed by atoms with Crippen LogP contribution in [0.4, 0.5) is 10.3 Å². The van der Waals surface area contributed by atoms with Crippen LogP contribution in [0.25, 0.3) is 11.2 Å². The maximum atomic E-state index is 14.3. The lowest BCUT2D eigenvalue weighted by molar-refractivity contribution is -0.0513. The van der Waals surface area contributed by atoms with Crippen LogP contribution in [-0.4, -0.2) is 60.6 Å². The van der Waals surface area contributed by atoms with E-state index in [1.54, 1.807) is 24.3 Å². The van der Waals surface area contributed by atoms with Crippen molar-refractivity contribution < 1.29 is 24.1 Å². The molecule has 1 aliphatic heterocycles. The molecule has 0 bridgehead atoms. The lowest BCUT2D eigenvalue weighted by Crippen LogP contribution is -2.34. The number of nitrogen functional groups attached to an aromatic ring is 1. The molecule has 2 aromatic heterocycles. The number of aromatic nitrogens is 4. The average molecular weight is 419 g/mol. The molecule has 3 aromatic rings. The first-order valence-corrected chi connectivity index (χ1v) is 8.99. The van der Waals surface area contributed by atoms with Crippen LogP contribution in [0.5, 0.6) is 0 Å². The Balaban J connectivity index is 1.95. The lowest BCUT2D eigenvalue weighted by Gasteiger charge is -2.15. The number of anilines is 1. The minimum atomic E-state index is -1.96. The Morgan fingerprint density at radius 1 is 1.33 bits per heavy atom. The summed E-state index contributed by atoms with van der Waals surface area (Å²) < 4.78 is 21.4. The molecule has 12 heteroatoms. The number of rotatable bonds is 5. The average Bonchev–Trinajstić information content (AvgIpc) is 3.16. The Hall–Kier alpha value is -3.35. The highest BCUT2D eigenvalue weighted by molar-refractivity contribution is 5.77. The van der Waals surface area contributed by atoms with E-state index in [9.17, 15) is 29.0 Å². The van der Waals surface area contributed by atoms with Gasteiger partial charge in [-0.1, -0.05) is 24.3 Å². The molecule has 1 aliphatic rings. The number of nitrogens with one attached hydrogen (secondary N) is 1. The molecule has 0 unspecified atom stereocenters. The highest BCUT2D eigenvalue weighted by atomic mass is 19.1. The fourth-order valence-corrected chi connectivity index (χ4v) is 3.61. The number of carbonyl (C=O) groups is 1. The number of aliphatic hydroxyl groups excluding tert-OH is 2. The number of carbonyl (C=O) groups excluding carboxylic acids is 1. The number of ether oxygens (including phenoxy) is 1. The quantitative estimate of drug-likeness (QED) is 0.379. The number of hydrogen-bond acceptors (Lipinski definition) is 8. The number of hydrogen-bond donors (Lipinski definition) is 4. The number of nitrogens with two attached hydrogens (primary N) is 1. The Bertz CT molecular complexity index is 1230. The van der Waals surface area contributed by atoms with Gasteiger partial charge in [-0.15, -0.1) is 0 Å². The zero-order valence-corrected chi connectivity index (χ0v) is 15.4. The van der Waals surface area contributed by atoms with Crippen LogP contribution in [-0.2, 0) is 11.3 Å². The minimum absolute atomic E-state index is 0.169. The fraction of sp³-hybridized carbons (Fsp3) is 0.333. The Morgan fingerprint density at radius 2 is 2.07 bits per heavy atom. The van der Waals surface area contributed by atoms with Crippen molar-refractivity contribution in [3.05, 3.63) is 56.2 Å². The van der Waals surface area contributed by atoms with E-state index in [4.69, 9.17) is 10.5 Å². The van der Waals surface area contributed by atoms with Gasteiger partial charge in [0.25, 0.3) is 5.56 Å². The van der Waals surface area contributed by atoms with Gasteiger partial charge in [-0.25, -0.2) is 13.8 Å². The molecule has 0 aliphatic carbocycles. The molecule has 158 valence electrons. The molecule has 30 heavy (non-hydrogen) atoms. The molecular formula is C18H18FN5O6. The maximum absolute atomic E-state index is 14.3. The molecule has 1 aromatic carbocycles. The minimum Gasteiger partial charge on any atom is -0.394 e. The van der Waals surface area contributed by atoms with Crippen molar-refractivity contribution in [3.63, 3.8) is 0 Å². The van der Waals surface area contributed by atoms with Crippen LogP contribution in [0.3, 0.4) is 0 Å². The van der Waals surface area contributed by atoms with E-state index >= 15 is 0 Å². The number of nitrogens with zero attached hydrogens (tertiary/aromatic N) is 3. The standard InChI is InChI=1S/C18H18FN5O6/c19-11-10(7-26)30-16(13(11)27)24-14-12(15(28)22-17(20)21-14)23(18(24)29)5-8-3-1-2-4-9(8)6-25/h1-4,6,10-11,13,16,26-27H,5,7H2,(H3,20,21,22,28)/t10-,11-,13-,16-/m1/s1. The number of H-pyrrole nitrogens is 1. The van der Waals surface area contributed by atoms with Crippen molar-refractivity contribution >= 4 is 23.4 Å². The lowest BCUT2D eigenvalue weighted by atomic mass is 10.1. The van der Waals surface area contributed by atoms with E-state index in [-0.39, 0.29) is 23.7 Å². The van der Waals surface area contributed by atoms with E-state index in [1.165, 1.54) is 0 Å². The van der Waals surface area contributed by atoms with Gasteiger partial charge in [-0.05, 0) is 5.56 Å². The van der Waals surface area contributed by atoms with Gasteiger partial charge in [-0.2, -0.15) is 4.98 Å². The van der Waals surface area contributed by atoms with Crippen molar-refractivity contribution in [2.24, 2.45) is 0 Å². The molecule has 0 spiro atoms. The molecule has 1 saturated heterocycles.